The molecule has 1 saturated heterocycles. The van der Waals surface area contributed by atoms with Gasteiger partial charge >= 0.3 is 38.9 Å². The number of alkyl halides is 6. The highest BCUT2D eigenvalue weighted by Gasteiger charge is 2.62. The second-order valence-electron chi connectivity index (χ2n) is 20.5. The minimum Gasteiger partial charge on any atom is -0.497 e. The summed E-state index contributed by atoms with van der Waals surface area (Å²) in [4.78, 5) is 61.6. The lowest BCUT2D eigenvalue weighted by atomic mass is 9.77. The number of amides is 2. The van der Waals surface area contributed by atoms with E-state index in [-0.39, 0.29) is 57.4 Å². The Morgan fingerprint density at radius 1 is 0.899 bits per heavy atom. The first-order valence-corrected chi connectivity index (χ1v) is 25.1. The number of ether oxygens (including phenoxy) is 3. The van der Waals surface area contributed by atoms with Crippen LogP contribution in [0.25, 0.3) is 10.8 Å². The van der Waals surface area contributed by atoms with Crippen LogP contribution in [-0.2, 0) is 52.9 Å². The fourth-order valence-electron chi connectivity index (χ4n) is 8.68. The standard InChI is InChI=1S/C39H52F3N3O10S.C5H8F3NO3S/c1-9-24-19-38(24,34(49)44-56(50,51)55-37(13-14-37)22-39(40,41)42)20-30(46)29-17-26(53-32-27-11-10-25(52-8)16-23(27)12-15-43-32)21-45(29)33(48)28(35(2,3)4)18-31(47)54-36(5,6)7;6-5(7,8)3-4(1-2-4)12-13(9,10)11/h10-12,15-16,24,26,28-29H,9,13-14,17-22H2,1-8H3,(H,44,49);1-3H2,(H2,9,10,11)/t24-,26-,28-,29+,38-;/m1./s1. The highest BCUT2D eigenvalue weighted by molar-refractivity contribution is 7.85. The average Bonchev–Trinajstić information content (AvgIpc) is 4.14. The number of nitrogens with zero attached hydrogens (tertiary/aromatic N) is 2. The van der Waals surface area contributed by atoms with Gasteiger partial charge in [-0.1, -0.05) is 34.1 Å². The fourth-order valence-corrected chi connectivity index (χ4v) is 10.6. The Morgan fingerprint density at radius 3 is 1.96 bits per heavy atom. The molecule has 0 spiro atoms. The quantitative estimate of drug-likeness (QED) is 0.114. The van der Waals surface area contributed by atoms with Crippen molar-refractivity contribution in [2.24, 2.45) is 27.8 Å². The number of nitrogens with two attached hydrogens (primary N) is 1. The summed E-state index contributed by atoms with van der Waals surface area (Å²) in [5, 5.41) is 5.89. The summed E-state index contributed by atoms with van der Waals surface area (Å²) in [7, 11) is -7.72. The first-order valence-electron chi connectivity index (χ1n) is 22.2. The number of Topliss-reactive ketones (excluding diaryl/α,β-unsaturated/α-hetero) is 1. The van der Waals surface area contributed by atoms with Crippen LogP contribution in [0, 0.1) is 22.7 Å². The number of pyridine rings is 1. The van der Waals surface area contributed by atoms with Crippen molar-refractivity contribution in [3.8, 4) is 11.6 Å². The van der Waals surface area contributed by atoms with Crippen molar-refractivity contribution in [2.45, 2.75) is 160 Å². The lowest BCUT2D eigenvalue weighted by molar-refractivity contribution is -0.161. The third-order valence-corrected chi connectivity index (χ3v) is 14.0. The molecule has 4 aliphatic rings. The summed E-state index contributed by atoms with van der Waals surface area (Å²) in [6.07, 6.45) is -11.4. The van der Waals surface area contributed by atoms with Crippen LogP contribution in [0.15, 0.2) is 30.5 Å². The highest BCUT2D eigenvalue weighted by Crippen LogP contribution is 2.58. The number of carbonyl (C=O) groups is 4. The SMILES string of the molecule is CC[C@@H]1C[C@]1(CC(=O)[C@@H]1C[C@@H](Oc2nccc3cc(OC)ccc23)CN1C(=O)[C@@H](CC(=O)OC(C)(C)C)C(C)(C)C)C(=O)NS(=O)(=O)OC1(CC(F)(F)F)CC1.NS(=O)(=O)OC1(CC(F)(F)F)CC1. The molecule has 3 aliphatic carbocycles. The highest BCUT2D eigenvalue weighted by atomic mass is 32.2. The molecule has 6 rings (SSSR count). The van der Waals surface area contributed by atoms with E-state index in [4.69, 9.17) is 18.4 Å². The molecule has 1 aliphatic heterocycles. The number of carbonyl (C=O) groups excluding carboxylic acids is 4. The third-order valence-electron chi connectivity index (χ3n) is 12.4. The van der Waals surface area contributed by atoms with Crippen molar-refractivity contribution in [1.82, 2.24) is 14.6 Å². The molecule has 25 heteroatoms. The van der Waals surface area contributed by atoms with E-state index >= 15 is 0 Å². The summed E-state index contributed by atoms with van der Waals surface area (Å²) < 4.78 is 150. The van der Waals surface area contributed by atoms with Gasteiger partial charge in [-0.05, 0) is 93.9 Å². The average molecular weight is 1030 g/mol. The van der Waals surface area contributed by atoms with Crippen LogP contribution in [-0.4, -0.2) is 105 Å². The maximum absolute atomic E-state index is 14.6. The van der Waals surface area contributed by atoms with Crippen molar-refractivity contribution in [3.63, 3.8) is 0 Å². The molecule has 17 nitrogen and oxygen atoms in total. The molecule has 2 aromatic rings. The summed E-state index contributed by atoms with van der Waals surface area (Å²) in [6.45, 7) is 12.2. The van der Waals surface area contributed by atoms with Gasteiger partial charge in [0.05, 0.1) is 61.5 Å². The van der Waals surface area contributed by atoms with Gasteiger partial charge in [-0.3, -0.25) is 23.4 Å². The molecule has 4 fully saturated rings. The molecular formula is C44H60F6N4O13S2. The van der Waals surface area contributed by atoms with Crippen molar-refractivity contribution >= 4 is 54.9 Å². The molecule has 388 valence electrons. The van der Waals surface area contributed by atoms with Gasteiger partial charge in [0.2, 0.25) is 17.7 Å². The van der Waals surface area contributed by atoms with E-state index in [1.807, 2.05) is 6.07 Å². The van der Waals surface area contributed by atoms with Crippen LogP contribution in [0.1, 0.15) is 119 Å². The van der Waals surface area contributed by atoms with Gasteiger partial charge in [0, 0.05) is 24.4 Å². The van der Waals surface area contributed by atoms with Crippen LogP contribution < -0.4 is 19.3 Å². The first-order chi connectivity index (χ1) is 31.4. The molecule has 0 unspecified atom stereocenters. The first kappa shape index (κ1) is 55.6. The number of likely N-dealkylation sites (tertiary alicyclic amines) is 1. The van der Waals surface area contributed by atoms with Gasteiger partial charge in [0.15, 0.2) is 5.78 Å². The van der Waals surface area contributed by atoms with E-state index in [1.54, 1.807) is 84.7 Å². The molecule has 5 atom stereocenters. The number of benzene rings is 1. The molecule has 1 aromatic heterocycles. The molecule has 69 heavy (non-hydrogen) atoms. The smallest absolute Gasteiger partial charge is 0.391 e. The maximum Gasteiger partial charge on any atom is 0.391 e. The zero-order valence-corrected chi connectivity index (χ0v) is 41.2. The summed E-state index contributed by atoms with van der Waals surface area (Å²) in [5.41, 5.74) is -6.68. The van der Waals surface area contributed by atoms with E-state index < -0.39 is 127 Å². The number of aromatic nitrogens is 1. The Kier molecular flexibility index (Phi) is 15.9. The zero-order chi connectivity index (χ0) is 52.0. The number of nitrogens with one attached hydrogen (secondary N) is 1. The summed E-state index contributed by atoms with van der Waals surface area (Å²) in [5.74, 6) is -3.16. The van der Waals surface area contributed by atoms with Crippen molar-refractivity contribution in [3.05, 3.63) is 30.5 Å². The van der Waals surface area contributed by atoms with Gasteiger partial charge in [0.1, 0.15) is 17.5 Å². The molecule has 0 bridgehead atoms. The van der Waals surface area contributed by atoms with Crippen LogP contribution in [0.4, 0.5) is 26.3 Å². The summed E-state index contributed by atoms with van der Waals surface area (Å²) in [6, 6.07) is 5.97. The Balaban J connectivity index is 0.000000590. The van der Waals surface area contributed by atoms with Gasteiger partial charge in [-0.2, -0.15) is 43.2 Å². The predicted molar refractivity (Wildman–Crippen MR) is 234 cm³/mol. The molecule has 2 heterocycles. The Hall–Kier alpha value is -4.33. The Labute approximate surface area is 397 Å². The van der Waals surface area contributed by atoms with Gasteiger partial charge < -0.3 is 19.1 Å². The number of methoxy groups -OCH3 is 1. The van der Waals surface area contributed by atoms with Crippen LogP contribution >= 0.6 is 0 Å². The lowest BCUT2D eigenvalue weighted by Crippen LogP contribution is -2.49. The monoisotopic (exact) mass is 1030 g/mol. The number of fused-ring (bicyclic) bond motifs is 1. The Morgan fingerprint density at radius 2 is 1.48 bits per heavy atom. The lowest BCUT2D eigenvalue weighted by Gasteiger charge is -2.35. The fraction of sp³-hybridized carbons (Fsp3) is 0.705. The normalized spacial score (nSPS) is 23.5. The number of halogens is 6. The van der Waals surface area contributed by atoms with E-state index in [9.17, 15) is 62.4 Å². The van der Waals surface area contributed by atoms with Crippen LogP contribution in [0.3, 0.4) is 0 Å². The van der Waals surface area contributed by atoms with Crippen molar-refractivity contribution in [1.29, 1.82) is 0 Å². The molecular weight excluding hydrogens is 971 g/mol. The predicted octanol–water partition coefficient (Wildman–Crippen LogP) is 6.92. The second-order valence-corrected chi connectivity index (χ2v) is 22.9. The van der Waals surface area contributed by atoms with Crippen LogP contribution in [0.5, 0.6) is 11.6 Å². The number of rotatable bonds is 18. The van der Waals surface area contributed by atoms with E-state index in [0.717, 1.165) is 5.39 Å². The second kappa shape index (κ2) is 19.7. The molecule has 3 saturated carbocycles. The number of hydrogen-bond acceptors (Lipinski definition) is 14. The molecule has 2 amide bonds. The summed E-state index contributed by atoms with van der Waals surface area (Å²) >= 11 is 0. The van der Waals surface area contributed by atoms with E-state index in [2.05, 4.69) is 14.3 Å². The largest absolute Gasteiger partial charge is 0.497 e. The van der Waals surface area contributed by atoms with Gasteiger partial charge in [-0.15, -0.1) is 0 Å². The molecule has 0 radical (unpaired) electrons. The zero-order valence-electron chi connectivity index (χ0n) is 39.5. The minimum atomic E-state index is -4.97. The molecule has 3 N–H and O–H groups in total. The number of esters is 1. The van der Waals surface area contributed by atoms with Gasteiger partial charge in [-0.25, -0.2) is 19.0 Å². The third kappa shape index (κ3) is 15.6. The van der Waals surface area contributed by atoms with E-state index in [1.165, 1.54) is 4.90 Å². The maximum atomic E-state index is 14.6. The Bertz CT molecular complexity index is 2490. The van der Waals surface area contributed by atoms with Crippen molar-refractivity contribution < 1.29 is 84.9 Å². The van der Waals surface area contributed by atoms with Crippen LogP contribution in [0.2, 0.25) is 0 Å². The molecule has 1 aromatic carbocycles. The number of hydrogen-bond donors (Lipinski definition) is 2. The topological polar surface area (TPSA) is 237 Å². The number of ketones is 1. The van der Waals surface area contributed by atoms with E-state index in [0.29, 0.717) is 17.6 Å². The van der Waals surface area contributed by atoms with Crippen molar-refractivity contribution in [2.75, 3.05) is 13.7 Å². The minimum absolute atomic E-state index is 0.00203. The van der Waals surface area contributed by atoms with Gasteiger partial charge in [0.25, 0.3) is 0 Å².